The van der Waals surface area contributed by atoms with Crippen LogP contribution in [0.1, 0.15) is 70.8 Å². The van der Waals surface area contributed by atoms with Crippen LogP contribution in [-0.2, 0) is 9.47 Å². The first kappa shape index (κ1) is 35.7. The Bertz CT molecular complexity index is 1890. The molecule has 13 heteroatoms. The average molecular weight is 793 g/mol. The molecule has 46 heavy (non-hydrogen) atoms. The molecular weight excluding hydrogens is 759 g/mol. The van der Waals surface area contributed by atoms with Gasteiger partial charge in [-0.15, -0.1) is 11.3 Å². The molecule has 0 bridgehead atoms. The van der Waals surface area contributed by atoms with Crippen LogP contribution in [-0.4, -0.2) is 57.3 Å². The van der Waals surface area contributed by atoms with Crippen LogP contribution in [0.25, 0.3) is 32.2 Å². The van der Waals surface area contributed by atoms with Crippen molar-refractivity contribution in [3.8, 4) is 22.4 Å². The van der Waals surface area contributed by atoms with Crippen molar-refractivity contribution in [3.63, 3.8) is 0 Å². The number of halogens is 2. The molecule has 3 aromatic heterocycles. The van der Waals surface area contributed by atoms with Gasteiger partial charge in [0.2, 0.25) is 0 Å². The minimum atomic E-state index is -0.807. The summed E-state index contributed by atoms with van der Waals surface area (Å²) in [5, 5.41) is 4.62. The van der Waals surface area contributed by atoms with Gasteiger partial charge in [-0.2, -0.15) is 0 Å². The lowest BCUT2D eigenvalue weighted by Crippen LogP contribution is -2.44. The first-order valence-corrected chi connectivity index (χ1v) is 19.1. The van der Waals surface area contributed by atoms with E-state index in [2.05, 4.69) is 37.4 Å². The number of anilines is 1. The minimum Gasteiger partial charge on any atom is -0.443 e. The summed E-state index contributed by atoms with van der Waals surface area (Å²) >= 11 is 9.59. The molecule has 4 aromatic rings. The van der Waals surface area contributed by atoms with Gasteiger partial charge in [0, 0.05) is 48.8 Å². The summed E-state index contributed by atoms with van der Waals surface area (Å²) in [7, 11) is 1.35. The van der Waals surface area contributed by atoms with Crippen molar-refractivity contribution in [2.24, 2.45) is 0 Å². The lowest BCUT2D eigenvalue weighted by atomic mass is 10.1. The SMILES string of the molecule is CC.CC(C)(C)OC(=O)N1CCN(C(=O)OC(C)(C)C)c2c(sc3ccc4nc(-c5cc(Cl)nc(C#CSI)c5)ccc4c23)C1=O. The van der Waals surface area contributed by atoms with Gasteiger partial charge in [0.1, 0.15) is 26.9 Å². The number of imide groups is 1. The Kier molecular flexibility index (Phi) is 11.1. The highest BCUT2D eigenvalue weighted by molar-refractivity contribution is 14.2. The van der Waals surface area contributed by atoms with Gasteiger partial charge in [-0.1, -0.05) is 25.4 Å². The fourth-order valence-corrected chi connectivity index (χ4v) is 6.51. The fourth-order valence-electron chi connectivity index (χ4n) is 4.66. The largest absolute Gasteiger partial charge is 0.443 e. The Morgan fingerprint density at radius 2 is 1.59 bits per heavy atom. The number of amides is 3. The van der Waals surface area contributed by atoms with Crippen LogP contribution >= 0.6 is 53.1 Å². The van der Waals surface area contributed by atoms with E-state index in [1.807, 2.05) is 44.2 Å². The number of hydrogen-bond acceptors (Lipinski definition) is 9. The Labute approximate surface area is 294 Å². The van der Waals surface area contributed by atoms with Gasteiger partial charge in [0.15, 0.2) is 0 Å². The van der Waals surface area contributed by atoms with E-state index in [9.17, 15) is 14.4 Å². The molecule has 0 spiro atoms. The van der Waals surface area contributed by atoms with Gasteiger partial charge < -0.3 is 9.47 Å². The molecule has 0 unspecified atom stereocenters. The summed E-state index contributed by atoms with van der Waals surface area (Å²) in [5.74, 6) is 2.43. The number of rotatable bonds is 1. The molecule has 9 nitrogen and oxygen atoms in total. The van der Waals surface area contributed by atoms with Crippen LogP contribution in [0, 0.1) is 11.2 Å². The zero-order chi connectivity index (χ0) is 34.0. The Hall–Kier alpha value is -3.12. The third-order valence-corrected chi connectivity index (χ3v) is 8.45. The van der Waals surface area contributed by atoms with Crippen molar-refractivity contribution in [2.45, 2.75) is 66.6 Å². The smallest absolute Gasteiger partial charge is 0.417 e. The first-order valence-electron chi connectivity index (χ1n) is 14.5. The standard InChI is InChI=1S/C31H28ClIN4O5S2.C2H6/c1-30(2,3)41-28(39)36-12-13-37(29(40)42-31(4,5)6)27(38)26-25(36)24-19-7-8-20(35-21(19)9-10-22(24)44-26)17-15-18(11-14-43-33)34-23(32)16-17;1-2/h7-10,15-16H,12-13H2,1-6H3;1-2H3. The van der Waals surface area contributed by atoms with E-state index < -0.39 is 29.3 Å². The van der Waals surface area contributed by atoms with E-state index in [1.165, 1.54) is 25.2 Å². The number of carbonyl (C=O) groups excluding carboxylic acids is 3. The second-order valence-corrected chi connectivity index (χ2v) is 15.0. The third-order valence-electron chi connectivity index (χ3n) is 6.29. The summed E-state index contributed by atoms with van der Waals surface area (Å²) in [4.78, 5) is 52.5. The maximum atomic E-state index is 13.9. The van der Waals surface area contributed by atoms with Crippen LogP contribution < -0.4 is 4.90 Å². The van der Waals surface area contributed by atoms with E-state index in [1.54, 1.807) is 47.6 Å². The summed E-state index contributed by atoms with van der Waals surface area (Å²) in [5.41, 5.74) is 1.37. The molecule has 0 radical (unpaired) electrons. The van der Waals surface area contributed by atoms with Crippen LogP contribution in [0.15, 0.2) is 36.4 Å². The summed E-state index contributed by atoms with van der Waals surface area (Å²) in [6, 6.07) is 11.0. The second kappa shape index (κ2) is 14.3. The number of hydrogen-bond donors (Lipinski definition) is 0. The van der Waals surface area contributed by atoms with Gasteiger partial charge in [0.25, 0.3) is 5.91 Å². The van der Waals surface area contributed by atoms with Crippen molar-refractivity contribution >= 4 is 97.8 Å². The van der Waals surface area contributed by atoms with E-state index >= 15 is 0 Å². The van der Waals surface area contributed by atoms with Crippen LogP contribution in [0.4, 0.5) is 15.3 Å². The number of carbonyl (C=O) groups is 3. The Morgan fingerprint density at radius 3 is 2.22 bits per heavy atom. The number of benzene rings is 1. The van der Waals surface area contributed by atoms with Gasteiger partial charge >= 0.3 is 12.2 Å². The molecule has 5 rings (SSSR count). The van der Waals surface area contributed by atoms with E-state index in [0.717, 1.165) is 20.5 Å². The molecule has 0 N–H and O–H groups in total. The fraction of sp³-hybridized carbons (Fsp3) is 0.364. The van der Waals surface area contributed by atoms with Crippen molar-refractivity contribution < 1.29 is 23.9 Å². The maximum Gasteiger partial charge on any atom is 0.417 e. The molecule has 4 heterocycles. The molecule has 0 atom stereocenters. The normalized spacial score (nSPS) is 13.3. The predicted molar refractivity (Wildman–Crippen MR) is 196 cm³/mol. The molecule has 1 aromatic carbocycles. The summed E-state index contributed by atoms with van der Waals surface area (Å²) < 4.78 is 12.0. The first-order chi connectivity index (χ1) is 21.6. The number of fused-ring (bicyclic) bond motifs is 5. The maximum absolute atomic E-state index is 13.9. The van der Waals surface area contributed by atoms with Crippen molar-refractivity contribution in [1.82, 2.24) is 14.9 Å². The van der Waals surface area contributed by atoms with E-state index in [0.29, 0.717) is 33.1 Å². The van der Waals surface area contributed by atoms with Crippen molar-refractivity contribution in [3.05, 3.63) is 52.1 Å². The summed E-state index contributed by atoms with van der Waals surface area (Å²) in [6.07, 6.45) is -1.39. The average Bonchev–Trinajstić information content (AvgIpc) is 3.29. The quantitative estimate of drug-likeness (QED) is 0.107. The molecule has 1 aliphatic rings. The number of pyridine rings is 2. The van der Waals surface area contributed by atoms with Crippen LogP contribution in [0.3, 0.4) is 0 Å². The minimum absolute atomic E-state index is 0.0233. The lowest BCUT2D eigenvalue weighted by Gasteiger charge is -2.27. The van der Waals surface area contributed by atoms with Crippen LogP contribution in [0.5, 0.6) is 0 Å². The monoisotopic (exact) mass is 792 g/mol. The molecule has 3 amide bonds. The molecule has 1 aliphatic heterocycles. The zero-order valence-electron chi connectivity index (χ0n) is 26.8. The Morgan fingerprint density at radius 1 is 0.957 bits per heavy atom. The number of ether oxygens (including phenoxy) is 2. The molecular formula is C33H34ClIN4O5S2. The number of thiophene rings is 1. The molecule has 0 saturated carbocycles. The van der Waals surface area contributed by atoms with Crippen molar-refractivity contribution in [1.29, 1.82) is 0 Å². The number of aromatic nitrogens is 2. The highest BCUT2D eigenvalue weighted by Gasteiger charge is 2.39. The van der Waals surface area contributed by atoms with Gasteiger partial charge in [0.05, 0.1) is 23.4 Å². The predicted octanol–water partition coefficient (Wildman–Crippen LogP) is 9.72. The molecule has 0 saturated heterocycles. The molecule has 0 aliphatic carbocycles. The van der Waals surface area contributed by atoms with Gasteiger partial charge in [-0.25, -0.2) is 24.5 Å². The third kappa shape index (κ3) is 8.05. The molecule has 0 fully saturated rings. The Balaban J connectivity index is 0.00000235. The van der Waals surface area contributed by atoms with Crippen molar-refractivity contribution in [2.75, 3.05) is 18.0 Å². The van der Waals surface area contributed by atoms with Gasteiger partial charge in [-0.3, -0.25) is 9.69 Å². The lowest BCUT2D eigenvalue weighted by molar-refractivity contribution is 0.0245. The van der Waals surface area contributed by atoms with Crippen LogP contribution in [0.2, 0.25) is 5.15 Å². The highest BCUT2D eigenvalue weighted by Crippen LogP contribution is 2.44. The number of nitrogens with zero attached hydrogens (tertiary/aromatic N) is 4. The highest BCUT2D eigenvalue weighted by atomic mass is 127. The van der Waals surface area contributed by atoms with Gasteiger partial charge in [-0.05, 0) is 98.0 Å². The van der Waals surface area contributed by atoms with E-state index in [4.69, 9.17) is 26.1 Å². The second-order valence-electron chi connectivity index (χ2n) is 11.9. The molecule has 242 valence electrons. The topological polar surface area (TPSA) is 102 Å². The van der Waals surface area contributed by atoms with E-state index in [-0.39, 0.29) is 18.0 Å². The zero-order valence-corrected chi connectivity index (χ0v) is 31.3. The summed E-state index contributed by atoms with van der Waals surface area (Å²) in [6.45, 7) is 14.5.